The molecule has 0 aromatic heterocycles. The van der Waals surface area contributed by atoms with Crippen molar-refractivity contribution in [3.8, 4) is 0 Å². The largest absolute Gasteiger partial charge is 0.0999 e. The molecule has 60 valence electrons. The van der Waals surface area contributed by atoms with Crippen LogP contribution in [0.1, 0.15) is 40.5 Å². The monoisotopic (exact) mass is 140 g/mol. The van der Waals surface area contributed by atoms with Crippen molar-refractivity contribution < 1.29 is 0 Å². The number of allylic oxidation sites excluding steroid dienone is 1. The Bertz CT molecular complexity index is 103. The third kappa shape index (κ3) is 3.71. The molecule has 0 aromatic carbocycles. The smallest absolute Gasteiger partial charge is 0.0235 e. The molecule has 0 N–H and O–H groups in total. The van der Waals surface area contributed by atoms with Gasteiger partial charge in [0.2, 0.25) is 0 Å². The van der Waals surface area contributed by atoms with Gasteiger partial charge in [0.15, 0.2) is 0 Å². The summed E-state index contributed by atoms with van der Waals surface area (Å²) in [6.45, 7) is 12.9. The fourth-order valence-electron chi connectivity index (χ4n) is 0.971. The molecule has 0 saturated carbocycles. The van der Waals surface area contributed by atoms with E-state index in [1.165, 1.54) is 18.4 Å². The van der Waals surface area contributed by atoms with Crippen molar-refractivity contribution in [1.82, 2.24) is 0 Å². The molecule has 0 aliphatic carbocycles. The van der Waals surface area contributed by atoms with Crippen LogP contribution in [0, 0.1) is 11.8 Å². The quantitative estimate of drug-likeness (QED) is 0.523. The molecule has 0 bridgehead atoms. The van der Waals surface area contributed by atoms with Crippen LogP contribution in [0.3, 0.4) is 0 Å². The van der Waals surface area contributed by atoms with Gasteiger partial charge in [-0.05, 0) is 25.2 Å². The fourth-order valence-corrected chi connectivity index (χ4v) is 0.971. The summed E-state index contributed by atoms with van der Waals surface area (Å²) in [6, 6.07) is 0. The SMILES string of the molecule is C=C(C)C(C)C[C@@H](C)CC. The van der Waals surface area contributed by atoms with E-state index in [4.69, 9.17) is 0 Å². The zero-order valence-electron chi connectivity index (χ0n) is 7.78. The molecule has 1 unspecified atom stereocenters. The third-order valence-corrected chi connectivity index (χ3v) is 2.29. The molecule has 0 amide bonds. The van der Waals surface area contributed by atoms with Gasteiger partial charge in [-0.3, -0.25) is 0 Å². The van der Waals surface area contributed by atoms with Crippen molar-refractivity contribution in [3.05, 3.63) is 12.2 Å². The van der Waals surface area contributed by atoms with Crippen molar-refractivity contribution >= 4 is 0 Å². The first kappa shape index (κ1) is 9.74. The van der Waals surface area contributed by atoms with Crippen molar-refractivity contribution in [1.29, 1.82) is 0 Å². The summed E-state index contributed by atoms with van der Waals surface area (Å²) in [5.41, 5.74) is 1.32. The van der Waals surface area contributed by atoms with Crippen LogP contribution in [0.5, 0.6) is 0 Å². The van der Waals surface area contributed by atoms with Gasteiger partial charge in [-0.25, -0.2) is 0 Å². The van der Waals surface area contributed by atoms with Gasteiger partial charge < -0.3 is 0 Å². The highest BCUT2D eigenvalue weighted by Crippen LogP contribution is 2.19. The molecule has 0 aliphatic heterocycles. The summed E-state index contributed by atoms with van der Waals surface area (Å²) in [5, 5.41) is 0. The topological polar surface area (TPSA) is 0 Å². The van der Waals surface area contributed by atoms with Gasteiger partial charge in [0.1, 0.15) is 0 Å². The highest BCUT2D eigenvalue weighted by atomic mass is 14.1. The minimum absolute atomic E-state index is 0.704. The molecule has 0 fully saturated rings. The zero-order valence-corrected chi connectivity index (χ0v) is 7.78. The first-order valence-electron chi connectivity index (χ1n) is 4.23. The zero-order chi connectivity index (χ0) is 8.15. The molecule has 0 saturated heterocycles. The second-order valence-electron chi connectivity index (χ2n) is 3.50. The Kier molecular flexibility index (Phi) is 4.42. The summed E-state index contributed by atoms with van der Waals surface area (Å²) < 4.78 is 0. The lowest BCUT2D eigenvalue weighted by atomic mass is 9.91. The Balaban J connectivity index is 3.56. The fraction of sp³-hybridized carbons (Fsp3) is 0.800. The van der Waals surface area contributed by atoms with Gasteiger partial charge in [0, 0.05) is 0 Å². The molecule has 0 aliphatic rings. The van der Waals surface area contributed by atoms with Gasteiger partial charge in [-0.2, -0.15) is 0 Å². The lowest BCUT2D eigenvalue weighted by molar-refractivity contribution is 0.443. The Morgan fingerprint density at radius 3 is 2.20 bits per heavy atom. The maximum absolute atomic E-state index is 3.94. The Hall–Kier alpha value is -0.260. The predicted octanol–water partition coefficient (Wildman–Crippen LogP) is 3.63. The Morgan fingerprint density at radius 1 is 1.40 bits per heavy atom. The van der Waals surface area contributed by atoms with E-state index >= 15 is 0 Å². The van der Waals surface area contributed by atoms with E-state index in [2.05, 4.69) is 34.3 Å². The average Bonchev–Trinajstić information content (AvgIpc) is 1.87. The number of rotatable bonds is 4. The van der Waals surface area contributed by atoms with E-state index in [1.54, 1.807) is 0 Å². The molecule has 0 spiro atoms. The van der Waals surface area contributed by atoms with Crippen molar-refractivity contribution in [2.45, 2.75) is 40.5 Å². The van der Waals surface area contributed by atoms with Gasteiger partial charge in [0.05, 0.1) is 0 Å². The molecule has 0 radical (unpaired) electrons. The number of hydrogen-bond acceptors (Lipinski definition) is 0. The van der Waals surface area contributed by atoms with E-state index in [-0.39, 0.29) is 0 Å². The summed E-state index contributed by atoms with van der Waals surface area (Å²) in [7, 11) is 0. The van der Waals surface area contributed by atoms with Crippen molar-refractivity contribution in [2.24, 2.45) is 11.8 Å². The van der Waals surface area contributed by atoms with E-state index < -0.39 is 0 Å². The second kappa shape index (κ2) is 4.54. The molecule has 0 heteroatoms. The minimum atomic E-state index is 0.704. The van der Waals surface area contributed by atoms with Crippen LogP contribution in [0.25, 0.3) is 0 Å². The summed E-state index contributed by atoms with van der Waals surface area (Å²) in [5.74, 6) is 1.56. The van der Waals surface area contributed by atoms with Crippen LogP contribution < -0.4 is 0 Å². The highest BCUT2D eigenvalue weighted by Gasteiger charge is 2.06. The molecular formula is C10H20. The summed E-state index contributed by atoms with van der Waals surface area (Å²) in [4.78, 5) is 0. The maximum atomic E-state index is 3.94. The van der Waals surface area contributed by atoms with Gasteiger partial charge >= 0.3 is 0 Å². The second-order valence-corrected chi connectivity index (χ2v) is 3.50. The van der Waals surface area contributed by atoms with E-state index in [9.17, 15) is 0 Å². The van der Waals surface area contributed by atoms with Crippen LogP contribution in [0.4, 0.5) is 0 Å². The lowest BCUT2D eigenvalue weighted by Crippen LogP contribution is -2.02. The molecule has 0 aromatic rings. The Morgan fingerprint density at radius 2 is 1.90 bits per heavy atom. The van der Waals surface area contributed by atoms with Gasteiger partial charge in [-0.1, -0.05) is 39.3 Å². The van der Waals surface area contributed by atoms with Crippen LogP contribution in [0.15, 0.2) is 12.2 Å². The summed E-state index contributed by atoms with van der Waals surface area (Å²) in [6.07, 6.45) is 2.59. The van der Waals surface area contributed by atoms with Crippen molar-refractivity contribution in [3.63, 3.8) is 0 Å². The average molecular weight is 140 g/mol. The molecule has 2 atom stereocenters. The predicted molar refractivity (Wildman–Crippen MR) is 48.1 cm³/mol. The van der Waals surface area contributed by atoms with E-state index in [1.807, 2.05) is 0 Å². The van der Waals surface area contributed by atoms with Crippen LogP contribution >= 0.6 is 0 Å². The third-order valence-electron chi connectivity index (χ3n) is 2.29. The standard InChI is InChI=1S/C10H20/c1-6-9(4)7-10(5)8(2)3/h9-10H,2,6-7H2,1,3-5H3/t9-,10?/m0/s1. The summed E-state index contributed by atoms with van der Waals surface area (Å²) >= 11 is 0. The molecule has 0 nitrogen and oxygen atoms in total. The van der Waals surface area contributed by atoms with E-state index in [0.29, 0.717) is 5.92 Å². The lowest BCUT2D eigenvalue weighted by Gasteiger charge is -2.15. The van der Waals surface area contributed by atoms with Crippen molar-refractivity contribution in [2.75, 3.05) is 0 Å². The normalized spacial score (nSPS) is 16.4. The first-order chi connectivity index (χ1) is 4.57. The molecule has 0 rings (SSSR count). The Labute approximate surface area is 65.3 Å². The number of hydrogen-bond donors (Lipinski definition) is 0. The van der Waals surface area contributed by atoms with Crippen LogP contribution in [-0.4, -0.2) is 0 Å². The first-order valence-corrected chi connectivity index (χ1v) is 4.23. The molecular weight excluding hydrogens is 120 g/mol. The molecule has 10 heavy (non-hydrogen) atoms. The minimum Gasteiger partial charge on any atom is -0.0999 e. The molecule has 0 heterocycles. The van der Waals surface area contributed by atoms with Gasteiger partial charge in [-0.15, -0.1) is 0 Å². The van der Waals surface area contributed by atoms with E-state index in [0.717, 1.165) is 5.92 Å². The highest BCUT2D eigenvalue weighted by molar-refractivity contribution is 4.93. The maximum Gasteiger partial charge on any atom is -0.0235 e. The van der Waals surface area contributed by atoms with Gasteiger partial charge in [0.25, 0.3) is 0 Å². The van der Waals surface area contributed by atoms with Crippen LogP contribution in [0.2, 0.25) is 0 Å². The van der Waals surface area contributed by atoms with Crippen LogP contribution in [-0.2, 0) is 0 Å².